The van der Waals surface area contributed by atoms with Crippen LogP contribution in [0.15, 0.2) is 48.9 Å². The van der Waals surface area contributed by atoms with Gasteiger partial charge in [-0.2, -0.15) is 5.26 Å². The van der Waals surface area contributed by atoms with E-state index in [9.17, 15) is 4.79 Å². The van der Waals surface area contributed by atoms with E-state index in [4.69, 9.17) is 5.26 Å². The first-order chi connectivity index (χ1) is 8.81. The fourth-order valence-corrected chi connectivity index (χ4v) is 1.46. The molecule has 18 heavy (non-hydrogen) atoms. The smallest absolute Gasteiger partial charge is 0.272 e. The van der Waals surface area contributed by atoms with Gasteiger partial charge in [-0.05, 0) is 5.56 Å². The zero-order valence-electron chi connectivity index (χ0n) is 9.45. The van der Waals surface area contributed by atoms with E-state index in [0.29, 0.717) is 0 Å². The van der Waals surface area contributed by atoms with Crippen molar-refractivity contribution >= 4 is 5.91 Å². The number of rotatable bonds is 3. The minimum Gasteiger partial charge on any atom is -0.331 e. The van der Waals surface area contributed by atoms with Gasteiger partial charge in [0.05, 0.1) is 12.3 Å². The van der Waals surface area contributed by atoms with Crippen molar-refractivity contribution < 1.29 is 4.79 Å². The maximum absolute atomic E-state index is 11.8. The van der Waals surface area contributed by atoms with E-state index in [2.05, 4.69) is 15.3 Å². The molecule has 0 saturated carbocycles. The zero-order chi connectivity index (χ0) is 12.8. The lowest BCUT2D eigenvalue weighted by Crippen LogP contribution is -2.28. The predicted octanol–water partition coefficient (Wildman–Crippen LogP) is 1.47. The molecule has 88 valence electrons. The Morgan fingerprint density at radius 3 is 2.67 bits per heavy atom. The molecular formula is C13H10N4O. The van der Waals surface area contributed by atoms with Crippen molar-refractivity contribution in [2.45, 2.75) is 6.04 Å². The first kappa shape index (κ1) is 11.7. The molecule has 1 aromatic carbocycles. The van der Waals surface area contributed by atoms with Crippen LogP contribution >= 0.6 is 0 Å². The minimum atomic E-state index is -0.694. The molecule has 5 nitrogen and oxygen atoms in total. The Kier molecular flexibility index (Phi) is 3.62. The van der Waals surface area contributed by atoms with Crippen molar-refractivity contribution in [2.24, 2.45) is 0 Å². The number of hydrogen-bond donors (Lipinski definition) is 1. The minimum absolute atomic E-state index is 0.189. The molecule has 5 heteroatoms. The molecule has 1 atom stereocenters. The summed E-state index contributed by atoms with van der Waals surface area (Å²) < 4.78 is 0. The number of hydrogen-bond acceptors (Lipinski definition) is 4. The predicted molar refractivity (Wildman–Crippen MR) is 64.3 cm³/mol. The highest BCUT2D eigenvalue weighted by Gasteiger charge is 2.15. The van der Waals surface area contributed by atoms with Crippen molar-refractivity contribution in [3.8, 4) is 6.07 Å². The summed E-state index contributed by atoms with van der Waals surface area (Å²) in [6.07, 6.45) is 4.27. The summed E-state index contributed by atoms with van der Waals surface area (Å²) in [5.41, 5.74) is 0.922. The van der Waals surface area contributed by atoms with Gasteiger partial charge in [0.25, 0.3) is 5.91 Å². The highest BCUT2D eigenvalue weighted by atomic mass is 16.1. The summed E-state index contributed by atoms with van der Waals surface area (Å²) in [6, 6.07) is 10.4. The van der Waals surface area contributed by atoms with Gasteiger partial charge in [0.15, 0.2) is 0 Å². The van der Waals surface area contributed by atoms with Crippen molar-refractivity contribution in [1.82, 2.24) is 15.3 Å². The summed E-state index contributed by atoms with van der Waals surface area (Å²) >= 11 is 0. The fraction of sp³-hybridized carbons (Fsp3) is 0.0769. The van der Waals surface area contributed by atoms with Gasteiger partial charge in [0.2, 0.25) is 0 Å². The largest absolute Gasteiger partial charge is 0.331 e. The third-order valence-electron chi connectivity index (χ3n) is 2.33. The third-order valence-corrected chi connectivity index (χ3v) is 2.33. The fourth-order valence-electron chi connectivity index (χ4n) is 1.46. The quantitative estimate of drug-likeness (QED) is 0.878. The average Bonchev–Trinajstić information content (AvgIpc) is 2.46. The number of nitriles is 1. The number of carbonyl (C=O) groups excluding carboxylic acids is 1. The van der Waals surface area contributed by atoms with Crippen LogP contribution in [0.1, 0.15) is 22.1 Å². The Bertz CT molecular complexity index is 563. The van der Waals surface area contributed by atoms with Crippen LogP contribution in [0.2, 0.25) is 0 Å². The van der Waals surface area contributed by atoms with Crippen LogP contribution < -0.4 is 5.32 Å². The zero-order valence-corrected chi connectivity index (χ0v) is 9.45. The first-order valence-corrected chi connectivity index (χ1v) is 5.32. The van der Waals surface area contributed by atoms with Gasteiger partial charge in [-0.3, -0.25) is 9.78 Å². The number of aromatic nitrogens is 2. The molecule has 0 aliphatic heterocycles. The van der Waals surface area contributed by atoms with E-state index in [0.717, 1.165) is 5.56 Å². The van der Waals surface area contributed by atoms with Gasteiger partial charge in [0.1, 0.15) is 11.7 Å². The van der Waals surface area contributed by atoms with Gasteiger partial charge < -0.3 is 5.32 Å². The molecule has 1 aromatic heterocycles. The third kappa shape index (κ3) is 2.68. The molecule has 0 saturated heterocycles. The van der Waals surface area contributed by atoms with E-state index in [-0.39, 0.29) is 5.69 Å². The van der Waals surface area contributed by atoms with Crippen molar-refractivity contribution in [2.75, 3.05) is 0 Å². The number of benzene rings is 1. The lowest BCUT2D eigenvalue weighted by Gasteiger charge is -2.11. The van der Waals surface area contributed by atoms with Crippen LogP contribution in [0.4, 0.5) is 0 Å². The first-order valence-electron chi connectivity index (χ1n) is 5.32. The Morgan fingerprint density at radius 2 is 2.06 bits per heavy atom. The van der Waals surface area contributed by atoms with Crippen LogP contribution in [0.5, 0.6) is 0 Å². The topological polar surface area (TPSA) is 78.7 Å². The van der Waals surface area contributed by atoms with Crippen LogP contribution in [-0.4, -0.2) is 15.9 Å². The SMILES string of the molecule is N#CC(NC(=O)c1cnccn1)c1ccccc1. The molecule has 0 fully saturated rings. The number of nitrogens with one attached hydrogen (secondary N) is 1. The van der Waals surface area contributed by atoms with Gasteiger partial charge in [0, 0.05) is 12.4 Å². The maximum atomic E-state index is 11.8. The Morgan fingerprint density at radius 1 is 1.28 bits per heavy atom. The van der Waals surface area contributed by atoms with Gasteiger partial charge >= 0.3 is 0 Å². The van der Waals surface area contributed by atoms with E-state index < -0.39 is 11.9 Å². The Balaban J connectivity index is 2.14. The van der Waals surface area contributed by atoms with Crippen LogP contribution in [-0.2, 0) is 0 Å². The van der Waals surface area contributed by atoms with Crippen LogP contribution in [0.3, 0.4) is 0 Å². The highest BCUT2D eigenvalue weighted by Crippen LogP contribution is 2.11. The van der Waals surface area contributed by atoms with E-state index in [1.807, 2.05) is 24.3 Å². The molecule has 1 amide bonds. The summed E-state index contributed by atoms with van der Waals surface area (Å²) in [4.78, 5) is 19.5. The van der Waals surface area contributed by atoms with Gasteiger partial charge in [-0.25, -0.2) is 4.98 Å². The second-order valence-corrected chi connectivity index (χ2v) is 3.54. The van der Waals surface area contributed by atoms with E-state index >= 15 is 0 Å². The highest BCUT2D eigenvalue weighted by molar-refractivity contribution is 5.92. The molecular weight excluding hydrogens is 228 g/mol. The van der Waals surface area contributed by atoms with E-state index in [1.54, 1.807) is 12.1 Å². The Hall–Kier alpha value is -2.74. The summed E-state index contributed by atoms with van der Waals surface area (Å²) in [5.74, 6) is -0.418. The summed E-state index contributed by atoms with van der Waals surface area (Å²) in [7, 11) is 0. The lowest BCUT2D eigenvalue weighted by atomic mass is 10.1. The number of amides is 1. The molecule has 0 spiro atoms. The van der Waals surface area contributed by atoms with Crippen molar-refractivity contribution in [3.05, 3.63) is 60.2 Å². The molecule has 0 aliphatic carbocycles. The van der Waals surface area contributed by atoms with Crippen molar-refractivity contribution in [3.63, 3.8) is 0 Å². The molecule has 1 unspecified atom stereocenters. The lowest BCUT2D eigenvalue weighted by molar-refractivity contribution is 0.0939. The second-order valence-electron chi connectivity index (χ2n) is 3.54. The normalized spacial score (nSPS) is 11.3. The molecule has 2 aromatic rings. The monoisotopic (exact) mass is 238 g/mol. The van der Waals surface area contributed by atoms with Gasteiger partial charge in [-0.1, -0.05) is 30.3 Å². The molecule has 0 radical (unpaired) electrons. The summed E-state index contributed by atoms with van der Waals surface area (Å²) in [6.45, 7) is 0. The van der Waals surface area contributed by atoms with E-state index in [1.165, 1.54) is 18.6 Å². The van der Waals surface area contributed by atoms with Gasteiger partial charge in [-0.15, -0.1) is 0 Å². The summed E-state index contributed by atoms with van der Waals surface area (Å²) in [5, 5.41) is 11.7. The maximum Gasteiger partial charge on any atom is 0.272 e. The molecule has 0 bridgehead atoms. The molecule has 1 N–H and O–H groups in total. The number of nitrogens with zero attached hydrogens (tertiary/aromatic N) is 3. The standard InChI is InChI=1S/C13H10N4O/c14-8-11(10-4-2-1-3-5-10)17-13(18)12-9-15-6-7-16-12/h1-7,9,11H,(H,17,18). The van der Waals surface area contributed by atoms with Crippen LogP contribution in [0.25, 0.3) is 0 Å². The molecule has 0 aliphatic rings. The Labute approximate surface area is 104 Å². The second kappa shape index (κ2) is 5.55. The number of carbonyl (C=O) groups is 1. The molecule has 2 rings (SSSR count). The van der Waals surface area contributed by atoms with Crippen LogP contribution in [0, 0.1) is 11.3 Å². The molecule has 1 heterocycles. The average molecular weight is 238 g/mol. The van der Waals surface area contributed by atoms with Crippen molar-refractivity contribution in [1.29, 1.82) is 5.26 Å².